The van der Waals surface area contributed by atoms with E-state index in [1.54, 1.807) is 19.3 Å². The Morgan fingerprint density at radius 3 is 2.65 bits per heavy atom. The number of nitrogens with one attached hydrogen (secondary N) is 1. The number of ether oxygens (including phenoxy) is 1. The number of carbonyl (C=O) groups is 1. The van der Waals surface area contributed by atoms with Crippen molar-refractivity contribution < 1.29 is 13.9 Å². The van der Waals surface area contributed by atoms with Crippen molar-refractivity contribution in [3.63, 3.8) is 0 Å². The largest absolute Gasteiger partial charge is 0.497 e. The predicted octanol–water partition coefficient (Wildman–Crippen LogP) is 6.69. The number of hydrogen-bond acceptors (Lipinski definition) is 5. The van der Waals surface area contributed by atoms with Gasteiger partial charge in [0.25, 0.3) is 0 Å². The summed E-state index contributed by atoms with van der Waals surface area (Å²) in [5.74, 6) is 1.75. The van der Waals surface area contributed by atoms with Crippen LogP contribution < -0.4 is 10.1 Å². The van der Waals surface area contributed by atoms with Crippen LogP contribution in [0.5, 0.6) is 5.75 Å². The molecule has 0 atom stereocenters. The fourth-order valence-electron chi connectivity index (χ4n) is 2.87. The third kappa shape index (κ3) is 5.05. The van der Waals surface area contributed by atoms with Gasteiger partial charge in [0, 0.05) is 27.6 Å². The summed E-state index contributed by atoms with van der Waals surface area (Å²) < 4.78 is 11.0. The number of amides is 1. The van der Waals surface area contributed by atoms with Gasteiger partial charge in [0.1, 0.15) is 17.3 Å². The number of hydrogen-bond donors (Lipinski definition) is 1. The zero-order valence-corrected chi connectivity index (χ0v) is 18.5. The Bertz CT molecular complexity index is 1240. The highest BCUT2D eigenvalue weighted by atomic mass is 35.5. The summed E-state index contributed by atoms with van der Waals surface area (Å²) in [6, 6.07) is 17.0. The molecule has 4 rings (SSSR count). The lowest BCUT2D eigenvalue weighted by Gasteiger charge is -2.01. The van der Waals surface area contributed by atoms with Gasteiger partial charge in [-0.05, 0) is 61.0 Å². The maximum absolute atomic E-state index is 12.3. The van der Waals surface area contributed by atoms with Crippen LogP contribution in [0.4, 0.5) is 5.13 Å². The molecule has 2 aromatic heterocycles. The number of rotatable bonds is 6. The summed E-state index contributed by atoms with van der Waals surface area (Å²) in [4.78, 5) is 16.7. The number of aromatic nitrogens is 1. The maximum Gasteiger partial charge on any atom is 0.250 e. The van der Waals surface area contributed by atoms with Gasteiger partial charge >= 0.3 is 0 Å². The molecule has 0 saturated heterocycles. The van der Waals surface area contributed by atoms with Crippen LogP contribution in [-0.2, 0) is 4.79 Å². The standard InChI is InChI=1S/C24H19ClN2O3S/c1-15-3-4-17(13-20(15)25)22-11-9-19(30-22)10-12-23(28)27-24-26-21(14-31-24)16-5-7-18(29-2)8-6-16/h3-14H,1-2H3,(H,26,27,28)/b12-10+. The SMILES string of the molecule is COc1ccc(-c2csc(NC(=O)/C=C/c3ccc(-c4ccc(C)c(Cl)c4)o3)n2)cc1. The van der Waals surface area contributed by atoms with Gasteiger partial charge in [-0.25, -0.2) is 4.98 Å². The molecule has 0 aliphatic heterocycles. The van der Waals surface area contributed by atoms with Gasteiger partial charge in [0.15, 0.2) is 5.13 Å². The van der Waals surface area contributed by atoms with Crippen LogP contribution in [0.25, 0.3) is 28.7 Å². The molecule has 1 N–H and O–H groups in total. The number of anilines is 1. The molecular weight excluding hydrogens is 432 g/mol. The van der Waals surface area contributed by atoms with Crippen molar-refractivity contribution in [3.05, 3.63) is 82.4 Å². The quantitative estimate of drug-likeness (QED) is 0.332. The van der Waals surface area contributed by atoms with E-state index in [0.29, 0.717) is 21.7 Å². The minimum atomic E-state index is -0.285. The van der Waals surface area contributed by atoms with Crippen molar-refractivity contribution >= 4 is 40.1 Å². The first-order valence-corrected chi connectivity index (χ1v) is 10.7. The zero-order chi connectivity index (χ0) is 21.8. The summed E-state index contributed by atoms with van der Waals surface area (Å²) in [5, 5.41) is 5.88. The van der Waals surface area contributed by atoms with Crippen LogP contribution in [0.1, 0.15) is 11.3 Å². The highest BCUT2D eigenvalue weighted by Gasteiger charge is 2.08. The van der Waals surface area contributed by atoms with Crippen molar-refractivity contribution in [2.24, 2.45) is 0 Å². The lowest BCUT2D eigenvalue weighted by atomic mass is 10.1. The molecule has 2 aromatic carbocycles. The van der Waals surface area contributed by atoms with E-state index in [1.165, 1.54) is 17.4 Å². The van der Waals surface area contributed by atoms with E-state index in [-0.39, 0.29) is 5.91 Å². The van der Waals surface area contributed by atoms with Gasteiger partial charge in [-0.2, -0.15) is 0 Å². The molecule has 4 aromatic rings. The van der Waals surface area contributed by atoms with Crippen LogP contribution >= 0.6 is 22.9 Å². The maximum atomic E-state index is 12.3. The molecular formula is C24H19ClN2O3S. The molecule has 5 nitrogen and oxygen atoms in total. The fraction of sp³-hybridized carbons (Fsp3) is 0.0833. The molecule has 156 valence electrons. The Hall–Kier alpha value is -3.35. The molecule has 0 saturated carbocycles. The number of aryl methyl sites for hydroxylation is 1. The second-order valence-corrected chi connectivity index (χ2v) is 8.02. The van der Waals surface area contributed by atoms with Crippen molar-refractivity contribution in [2.45, 2.75) is 6.92 Å². The number of nitrogens with zero attached hydrogens (tertiary/aromatic N) is 1. The highest BCUT2D eigenvalue weighted by molar-refractivity contribution is 7.14. The van der Waals surface area contributed by atoms with E-state index in [0.717, 1.165) is 28.1 Å². The van der Waals surface area contributed by atoms with Crippen molar-refractivity contribution in [1.29, 1.82) is 0 Å². The fourth-order valence-corrected chi connectivity index (χ4v) is 3.78. The van der Waals surface area contributed by atoms with Crippen molar-refractivity contribution in [2.75, 3.05) is 12.4 Å². The number of halogens is 1. The number of methoxy groups -OCH3 is 1. The van der Waals surface area contributed by atoms with Gasteiger partial charge in [-0.15, -0.1) is 11.3 Å². The summed E-state index contributed by atoms with van der Waals surface area (Å²) in [7, 11) is 1.63. The van der Waals surface area contributed by atoms with Crippen LogP contribution in [-0.4, -0.2) is 18.0 Å². The minimum absolute atomic E-state index is 0.285. The second kappa shape index (κ2) is 9.20. The van der Waals surface area contributed by atoms with Crippen LogP contribution in [0.2, 0.25) is 5.02 Å². The molecule has 0 spiro atoms. The molecule has 31 heavy (non-hydrogen) atoms. The van der Waals surface area contributed by atoms with Gasteiger partial charge in [-0.1, -0.05) is 23.7 Å². The van der Waals surface area contributed by atoms with E-state index >= 15 is 0 Å². The Labute approximate surface area is 189 Å². The molecule has 0 bridgehead atoms. The average molecular weight is 451 g/mol. The lowest BCUT2D eigenvalue weighted by Crippen LogP contribution is -2.07. The van der Waals surface area contributed by atoms with Gasteiger partial charge in [-0.3, -0.25) is 10.1 Å². The second-order valence-electron chi connectivity index (χ2n) is 6.75. The molecule has 0 aliphatic rings. The van der Waals surface area contributed by atoms with Gasteiger partial charge < -0.3 is 9.15 Å². The Morgan fingerprint density at radius 2 is 1.90 bits per heavy atom. The summed E-state index contributed by atoms with van der Waals surface area (Å²) in [6.45, 7) is 1.95. The Kier molecular flexibility index (Phi) is 6.21. The first kappa shape index (κ1) is 20.9. The van der Waals surface area contributed by atoms with Crippen molar-refractivity contribution in [3.8, 4) is 28.3 Å². The van der Waals surface area contributed by atoms with E-state index < -0.39 is 0 Å². The molecule has 0 aliphatic carbocycles. The molecule has 0 radical (unpaired) electrons. The molecule has 1 amide bonds. The summed E-state index contributed by atoms with van der Waals surface area (Å²) in [5.41, 5.74) is 3.63. The summed E-state index contributed by atoms with van der Waals surface area (Å²) >= 11 is 7.55. The molecule has 0 unspecified atom stereocenters. The number of carbonyl (C=O) groups excluding carboxylic acids is 1. The van der Waals surface area contributed by atoms with E-state index in [1.807, 2.05) is 60.8 Å². The van der Waals surface area contributed by atoms with Crippen LogP contribution in [0.3, 0.4) is 0 Å². The number of benzene rings is 2. The smallest absolute Gasteiger partial charge is 0.250 e. The van der Waals surface area contributed by atoms with E-state index in [9.17, 15) is 4.79 Å². The first-order chi connectivity index (χ1) is 15.0. The monoisotopic (exact) mass is 450 g/mol. The lowest BCUT2D eigenvalue weighted by molar-refractivity contribution is -0.111. The van der Waals surface area contributed by atoms with Gasteiger partial charge in [0.2, 0.25) is 5.91 Å². The minimum Gasteiger partial charge on any atom is -0.497 e. The Balaban J connectivity index is 1.39. The van der Waals surface area contributed by atoms with E-state index in [4.69, 9.17) is 20.8 Å². The first-order valence-electron chi connectivity index (χ1n) is 9.47. The molecule has 7 heteroatoms. The number of thiazole rings is 1. The predicted molar refractivity (Wildman–Crippen MR) is 126 cm³/mol. The van der Waals surface area contributed by atoms with E-state index in [2.05, 4.69) is 10.3 Å². The zero-order valence-electron chi connectivity index (χ0n) is 16.9. The molecule has 0 fully saturated rings. The Morgan fingerprint density at radius 1 is 1.13 bits per heavy atom. The highest BCUT2D eigenvalue weighted by Crippen LogP contribution is 2.28. The van der Waals surface area contributed by atoms with Crippen LogP contribution in [0, 0.1) is 6.92 Å². The number of furan rings is 1. The topological polar surface area (TPSA) is 64.4 Å². The third-order valence-corrected chi connectivity index (χ3v) is 5.77. The normalized spacial score (nSPS) is 11.1. The average Bonchev–Trinajstić information content (AvgIpc) is 3.44. The van der Waals surface area contributed by atoms with Gasteiger partial charge in [0.05, 0.1) is 12.8 Å². The molecule has 2 heterocycles. The van der Waals surface area contributed by atoms with Crippen LogP contribution in [0.15, 0.2) is 70.5 Å². The summed E-state index contributed by atoms with van der Waals surface area (Å²) in [6.07, 6.45) is 3.03. The third-order valence-electron chi connectivity index (χ3n) is 4.60. The van der Waals surface area contributed by atoms with Crippen molar-refractivity contribution in [1.82, 2.24) is 4.98 Å².